The first-order chi connectivity index (χ1) is 10.2. The van der Waals surface area contributed by atoms with Gasteiger partial charge in [0.25, 0.3) is 0 Å². The Kier molecular flexibility index (Phi) is 6.63. The first kappa shape index (κ1) is 19.9. The summed E-state index contributed by atoms with van der Waals surface area (Å²) in [5.41, 5.74) is 10.6. The molecule has 1 aromatic rings. The average molecular weight is 340 g/mol. The first-order valence-electron chi connectivity index (χ1n) is 8.04. The van der Waals surface area contributed by atoms with Gasteiger partial charge in [-0.25, -0.2) is 0 Å². The van der Waals surface area contributed by atoms with Gasteiger partial charge in [0, 0.05) is 24.8 Å². The normalized spacial score (nSPS) is 20.7. The Hall–Kier alpha value is -1.10. The number of halogens is 1. The molecule has 4 nitrogen and oxygen atoms in total. The first-order valence-corrected chi connectivity index (χ1v) is 8.04. The number of likely N-dealkylation sites (tertiary alicyclic amines) is 1. The molecule has 1 unspecified atom stereocenters. The summed E-state index contributed by atoms with van der Waals surface area (Å²) < 4.78 is 0. The van der Waals surface area contributed by atoms with Crippen molar-refractivity contribution in [1.82, 2.24) is 4.90 Å². The Morgan fingerprint density at radius 2 is 1.87 bits per heavy atom. The number of hydrogen-bond acceptors (Lipinski definition) is 3. The molecule has 5 heteroatoms. The van der Waals surface area contributed by atoms with Crippen molar-refractivity contribution in [2.75, 3.05) is 25.0 Å². The number of carbonyl (C=O) groups is 1. The molecule has 1 aliphatic heterocycles. The summed E-state index contributed by atoms with van der Waals surface area (Å²) in [6.45, 7) is 12.7. The summed E-state index contributed by atoms with van der Waals surface area (Å²) in [5.74, 6) is 0.0568. The average Bonchev–Trinajstić information content (AvgIpc) is 2.38. The van der Waals surface area contributed by atoms with Gasteiger partial charge in [-0.15, -0.1) is 12.4 Å². The van der Waals surface area contributed by atoms with Crippen LogP contribution in [0.4, 0.5) is 5.69 Å². The number of nitrogens with zero attached hydrogens (tertiary/aromatic N) is 1. The number of piperidine rings is 1. The van der Waals surface area contributed by atoms with Crippen LogP contribution in [0.3, 0.4) is 0 Å². The lowest BCUT2D eigenvalue weighted by molar-refractivity contribution is -0.118. The third-order valence-corrected chi connectivity index (χ3v) is 4.70. The molecule has 1 aliphatic rings. The van der Waals surface area contributed by atoms with Crippen LogP contribution in [0.1, 0.15) is 37.0 Å². The van der Waals surface area contributed by atoms with E-state index in [4.69, 9.17) is 5.73 Å². The van der Waals surface area contributed by atoms with E-state index < -0.39 is 0 Å². The zero-order chi connectivity index (χ0) is 16.5. The number of carbonyl (C=O) groups excluding carboxylic acids is 1. The highest BCUT2D eigenvalue weighted by Crippen LogP contribution is 2.27. The number of amides is 1. The molecule has 1 fully saturated rings. The van der Waals surface area contributed by atoms with E-state index in [1.165, 1.54) is 5.56 Å². The molecule has 1 heterocycles. The minimum Gasteiger partial charge on any atom is -0.327 e. The maximum Gasteiger partial charge on any atom is 0.238 e. The highest BCUT2D eigenvalue weighted by Gasteiger charge is 2.33. The van der Waals surface area contributed by atoms with Crippen LogP contribution >= 0.6 is 12.4 Å². The SMILES string of the molecule is Cc1cc(C)c(NC(=O)CN2CCC(N)C(C)(C)C2)c(C)c1.Cl. The summed E-state index contributed by atoms with van der Waals surface area (Å²) in [6.07, 6.45) is 0.947. The zero-order valence-electron chi connectivity index (χ0n) is 14.9. The van der Waals surface area contributed by atoms with Crippen LogP contribution in [-0.2, 0) is 4.79 Å². The van der Waals surface area contributed by atoms with Gasteiger partial charge in [0.1, 0.15) is 0 Å². The van der Waals surface area contributed by atoms with Gasteiger partial charge in [0.15, 0.2) is 0 Å². The Balaban J connectivity index is 0.00000264. The lowest BCUT2D eigenvalue weighted by Crippen LogP contribution is -2.53. The second kappa shape index (κ2) is 7.65. The summed E-state index contributed by atoms with van der Waals surface area (Å²) in [7, 11) is 0. The smallest absolute Gasteiger partial charge is 0.238 e. The molecule has 1 saturated heterocycles. The number of aryl methyl sites for hydroxylation is 3. The van der Waals surface area contributed by atoms with E-state index in [0.29, 0.717) is 6.54 Å². The van der Waals surface area contributed by atoms with Gasteiger partial charge in [0.05, 0.1) is 6.54 Å². The molecule has 3 N–H and O–H groups in total. The highest BCUT2D eigenvalue weighted by atomic mass is 35.5. The van der Waals surface area contributed by atoms with E-state index >= 15 is 0 Å². The van der Waals surface area contributed by atoms with Crippen LogP contribution in [0.2, 0.25) is 0 Å². The van der Waals surface area contributed by atoms with Gasteiger partial charge >= 0.3 is 0 Å². The summed E-state index contributed by atoms with van der Waals surface area (Å²) in [5, 5.41) is 3.08. The van der Waals surface area contributed by atoms with Gasteiger partial charge in [-0.1, -0.05) is 31.5 Å². The maximum atomic E-state index is 12.4. The molecule has 0 aromatic heterocycles. The molecule has 0 radical (unpaired) electrons. The van der Waals surface area contributed by atoms with E-state index in [0.717, 1.165) is 36.3 Å². The molecule has 1 amide bonds. The molecule has 0 bridgehead atoms. The highest BCUT2D eigenvalue weighted by molar-refractivity contribution is 5.93. The van der Waals surface area contributed by atoms with Gasteiger partial charge < -0.3 is 11.1 Å². The Bertz CT molecular complexity index is 548. The minimum absolute atomic E-state index is 0. The van der Waals surface area contributed by atoms with Crippen molar-refractivity contribution in [3.05, 3.63) is 28.8 Å². The summed E-state index contributed by atoms with van der Waals surface area (Å²) in [4.78, 5) is 14.6. The standard InChI is InChI=1S/C18H29N3O.ClH/c1-12-8-13(2)17(14(3)9-12)20-16(22)10-21-7-6-15(19)18(4,5)11-21;/h8-9,15H,6-7,10-11,19H2,1-5H3,(H,20,22);1H. The van der Waals surface area contributed by atoms with E-state index in [9.17, 15) is 4.79 Å². The van der Waals surface area contributed by atoms with Crippen LogP contribution in [-0.4, -0.2) is 36.5 Å². The van der Waals surface area contributed by atoms with Crippen molar-refractivity contribution in [3.8, 4) is 0 Å². The monoisotopic (exact) mass is 339 g/mol. The van der Waals surface area contributed by atoms with Crippen LogP contribution in [0.25, 0.3) is 0 Å². The molecule has 0 aliphatic carbocycles. The molecule has 1 aromatic carbocycles. The van der Waals surface area contributed by atoms with Gasteiger partial charge in [0.2, 0.25) is 5.91 Å². The lowest BCUT2D eigenvalue weighted by atomic mass is 9.80. The summed E-state index contributed by atoms with van der Waals surface area (Å²) >= 11 is 0. The Labute approximate surface area is 146 Å². The quantitative estimate of drug-likeness (QED) is 0.890. The third-order valence-electron chi connectivity index (χ3n) is 4.70. The fraction of sp³-hybridized carbons (Fsp3) is 0.611. The molecule has 0 spiro atoms. The number of anilines is 1. The minimum atomic E-state index is 0. The fourth-order valence-electron chi connectivity index (χ4n) is 3.38. The van der Waals surface area contributed by atoms with Gasteiger partial charge in [-0.05, 0) is 43.7 Å². The molecular formula is C18H30ClN3O. The van der Waals surface area contributed by atoms with Crippen LogP contribution in [0.15, 0.2) is 12.1 Å². The van der Waals surface area contributed by atoms with Gasteiger partial charge in [-0.2, -0.15) is 0 Å². The van der Waals surface area contributed by atoms with Crippen molar-refractivity contribution >= 4 is 24.0 Å². The molecule has 0 saturated carbocycles. The Morgan fingerprint density at radius 3 is 2.39 bits per heavy atom. The predicted molar refractivity (Wildman–Crippen MR) is 99.3 cm³/mol. The van der Waals surface area contributed by atoms with Crippen molar-refractivity contribution in [1.29, 1.82) is 0 Å². The summed E-state index contributed by atoms with van der Waals surface area (Å²) in [6, 6.07) is 4.42. The van der Waals surface area contributed by atoms with E-state index in [1.54, 1.807) is 0 Å². The van der Waals surface area contributed by atoms with Gasteiger partial charge in [-0.3, -0.25) is 9.69 Å². The second-order valence-electron chi connectivity index (χ2n) is 7.42. The molecule has 1 atom stereocenters. The van der Waals surface area contributed by atoms with E-state index in [1.807, 2.05) is 13.8 Å². The number of hydrogen-bond donors (Lipinski definition) is 2. The number of nitrogens with two attached hydrogens (primary N) is 1. The second-order valence-corrected chi connectivity index (χ2v) is 7.42. The number of rotatable bonds is 3. The van der Waals surface area contributed by atoms with E-state index in [-0.39, 0.29) is 29.8 Å². The maximum absolute atomic E-state index is 12.4. The third kappa shape index (κ3) is 4.93. The Morgan fingerprint density at radius 1 is 1.30 bits per heavy atom. The fourth-order valence-corrected chi connectivity index (χ4v) is 3.38. The lowest BCUT2D eigenvalue weighted by Gasteiger charge is -2.42. The van der Waals surface area contributed by atoms with Crippen LogP contribution < -0.4 is 11.1 Å². The number of benzene rings is 1. The van der Waals surface area contributed by atoms with Crippen molar-refractivity contribution in [3.63, 3.8) is 0 Å². The van der Waals surface area contributed by atoms with E-state index in [2.05, 4.69) is 43.1 Å². The zero-order valence-corrected chi connectivity index (χ0v) is 15.7. The van der Waals surface area contributed by atoms with Crippen LogP contribution in [0, 0.1) is 26.2 Å². The molecule has 2 rings (SSSR count). The predicted octanol–water partition coefficient (Wildman–Crippen LogP) is 3.03. The molecule has 130 valence electrons. The topological polar surface area (TPSA) is 58.4 Å². The molecule has 23 heavy (non-hydrogen) atoms. The largest absolute Gasteiger partial charge is 0.327 e. The van der Waals surface area contributed by atoms with Crippen molar-refractivity contribution in [2.24, 2.45) is 11.1 Å². The van der Waals surface area contributed by atoms with Crippen molar-refractivity contribution < 1.29 is 4.79 Å². The number of nitrogens with one attached hydrogen (secondary N) is 1. The van der Waals surface area contributed by atoms with Crippen molar-refractivity contribution in [2.45, 2.75) is 47.1 Å². The van der Waals surface area contributed by atoms with Crippen LogP contribution in [0.5, 0.6) is 0 Å². The molecular weight excluding hydrogens is 310 g/mol.